The molecular weight excluding hydrogens is 186 g/mol. The Bertz CT molecular complexity index is 403. The maximum Gasteiger partial charge on any atom is 0.291 e. The number of rotatable bonds is 3. The molecule has 0 radical (unpaired) electrons. The fraction of sp³-hybridized carbons (Fsp3) is 0.154. The van der Waals surface area contributed by atoms with Crippen molar-refractivity contribution in [3.05, 3.63) is 59.9 Å². The molecule has 0 aromatic heterocycles. The lowest BCUT2D eigenvalue weighted by Crippen LogP contribution is -1.92. The van der Waals surface area contributed by atoms with Crippen molar-refractivity contribution in [1.29, 1.82) is 5.26 Å². The largest absolute Gasteiger partial charge is 0.392 e. The SMILES string of the molecule is C=CC1=CC=CCC(OC#N)=C1/C=C\C. The summed E-state index contributed by atoms with van der Waals surface area (Å²) in [5.41, 5.74) is 1.88. The molecule has 0 fully saturated rings. The molecule has 2 nitrogen and oxygen atoms in total. The second-order valence-electron chi connectivity index (χ2n) is 2.99. The van der Waals surface area contributed by atoms with Gasteiger partial charge in [0.15, 0.2) is 0 Å². The molecule has 0 aliphatic heterocycles. The van der Waals surface area contributed by atoms with E-state index in [-0.39, 0.29) is 0 Å². The van der Waals surface area contributed by atoms with Crippen LogP contribution in [-0.4, -0.2) is 0 Å². The van der Waals surface area contributed by atoms with Gasteiger partial charge in [0.25, 0.3) is 6.26 Å². The molecule has 0 atom stereocenters. The maximum atomic E-state index is 8.56. The van der Waals surface area contributed by atoms with Crippen LogP contribution in [0.2, 0.25) is 0 Å². The number of nitriles is 1. The van der Waals surface area contributed by atoms with Gasteiger partial charge < -0.3 is 4.74 Å². The molecule has 0 spiro atoms. The Hall–Kier alpha value is -2.01. The van der Waals surface area contributed by atoms with Crippen molar-refractivity contribution in [3.63, 3.8) is 0 Å². The van der Waals surface area contributed by atoms with Gasteiger partial charge >= 0.3 is 0 Å². The average molecular weight is 199 g/mol. The first-order chi connectivity index (χ1) is 7.33. The van der Waals surface area contributed by atoms with Crippen LogP contribution in [0, 0.1) is 11.5 Å². The van der Waals surface area contributed by atoms with Gasteiger partial charge in [-0.1, -0.05) is 43.0 Å². The van der Waals surface area contributed by atoms with E-state index in [4.69, 9.17) is 10.00 Å². The first kappa shape index (κ1) is 11.1. The lowest BCUT2D eigenvalue weighted by Gasteiger charge is -2.06. The Morgan fingerprint density at radius 2 is 2.40 bits per heavy atom. The van der Waals surface area contributed by atoms with E-state index in [1.54, 1.807) is 12.3 Å². The van der Waals surface area contributed by atoms with Gasteiger partial charge in [-0.3, -0.25) is 0 Å². The molecule has 0 aromatic rings. The summed E-state index contributed by atoms with van der Waals surface area (Å²) in [5, 5.41) is 8.56. The summed E-state index contributed by atoms with van der Waals surface area (Å²) in [6.07, 6.45) is 13.8. The summed E-state index contributed by atoms with van der Waals surface area (Å²) in [4.78, 5) is 0. The second-order valence-corrected chi connectivity index (χ2v) is 2.99. The highest BCUT2D eigenvalue weighted by Crippen LogP contribution is 2.23. The number of hydrogen-bond acceptors (Lipinski definition) is 2. The van der Waals surface area contributed by atoms with Gasteiger partial charge in [-0.05, 0) is 12.5 Å². The molecule has 15 heavy (non-hydrogen) atoms. The third-order valence-electron chi connectivity index (χ3n) is 2.05. The molecule has 2 heteroatoms. The minimum atomic E-state index is 0.626. The zero-order chi connectivity index (χ0) is 11.1. The molecule has 0 N–H and O–H groups in total. The minimum Gasteiger partial charge on any atom is -0.392 e. The molecule has 76 valence electrons. The predicted molar refractivity (Wildman–Crippen MR) is 60.6 cm³/mol. The average Bonchev–Trinajstić information content (AvgIpc) is 2.43. The number of ether oxygens (including phenoxy) is 1. The van der Waals surface area contributed by atoms with Gasteiger partial charge in [-0.25, -0.2) is 0 Å². The third kappa shape index (κ3) is 2.72. The molecular formula is C13H13NO. The van der Waals surface area contributed by atoms with Crippen molar-refractivity contribution in [2.45, 2.75) is 13.3 Å². The summed E-state index contributed by atoms with van der Waals surface area (Å²) in [6.45, 7) is 5.67. The van der Waals surface area contributed by atoms with Crippen molar-refractivity contribution < 1.29 is 4.74 Å². The lowest BCUT2D eigenvalue weighted by atomic mass is 10.0. The van der Waals surface area contributed by atoms with Crippen molar-refractivity contribution >= 4 is 0 Å². The van der Waals surface area contributed by atoms with Gasteiger partial charge in [0, 0.05) is 12.0 Å². The fourth-order valence-corrected chi connectivity index (χ4v) is 1.39. The zero-order valence-corrected chi connectivity index (χ0v) is 8.73. The molecule has 1 aliphatic rings. The van der Waals surface area contributed by atoms with Crippen LogP contribution < -0.4 is 0 Å². The van der Waals surface area contributed by atoms with Crippen LogP contribution in [0.15, 0.2) is 59.9 Å². The van der Waals surface area contributed by atoms with Crippen LogP contribution >= 0.6 is 0 Å². The number of nitrogens with zero attached hydrogens (tertiary/aromatic N) is 1. The first-order valence-corrected chi connectivity index (χ1v) is 4.75. The molecule has 0 unspecified atom stereocenters. The smallest absolute Gasteiger partial charge is 0.291 e. The predicted octanol–water partition coefficient (Wildman–Crippen LogP) is 3.39. The molecule has 0 bridgehead atoms. The van der Waals surface area contributed by atoms with Crippen molar-refractivity contribution in [3.8, 4) is 6.26 Å². The molecule has 0 aromatic carbocycles. The van der Waals surface area contributed by atoms with E-state index in [2.05, 4.69) is 6.58 Å². The van der Waals surface area contributed by atoms with E-state index < -0.39 is 0 Å². The molecule has 1 aliphatic carbocycles. The Balaban J connectivity index is 3.21. The summed E-state index contributed by atoms with van der Waals surface area (Å²) >= 11 is 0. The van der Waals surface area contributed by atoms with E-state index in [9.17, 15) is 0 Å². The van der Waals surface area contributed by atoms with Crippen LogP contribution in [0.3, 0.4) is 0 Å². The highest BCUT2D eigenvalue weighted by atomic mass is 16.5. The Morgan fingerprint density at radius 1 is 1.60 bits per heavy atom. The van der Waals surface area contributed by atoms with E-state index >= 15 is 0 Å². The van der Waals surface area contributed by atoms with Crippen LogP contribution in [0.4, 0.5) is 0 Å². The van der Waals surface area contributed by atoms with Crippen molar-refractivity contribution in [2.75, 3.05) is 0 Å². The summed E-state index contributed by atoms with van der Waals surface area (Å²) in [5.74, 6) is 0.663. The minimum absolute atomic E-state index is 0.626. The number of allylic oxidation sites excluding steroid dienone is 8. The summed E-state index contributed by atoms with van der Waals surface area (Å²) < 4.78 is 4.95. The fourth-order valence-electron chi connectivity index (χ4n) is 1.39. The molecule has 0 amide bonds. The van der Waals surface area contributed by atoms with E-state index in [1.807, 2.05) is 37.3 Å². The highest BCUT2D eigenvalue weighted by molar-refractivity contribution is 5.50. The Kier molecular flexibility index (Phi) is 4.18. The lowest BCUT2D eigenvalue weighted by molar-refractivity contribution is 0.363. The van der Waals surface area contributed by atoms with Gasteiger partial charge in [0.2, 0.25) is 0 Å². The normalized spacial score (nSPS) is 15.9. The van der Waals surface area contributed by atoms with Gasteiger partial charge in [0.1, 0.15) is 5.76 Å². The Morgan fingerprint density at radius 3 is 3.00 bits per heavy atom. The maximum absolute atomic E-state index is 8.56. The first-order valence-electron chi connectivity index (χ1n) is 4.75. The van der Waals surface area contributed by atoms with Gasteiger partial charge in [-0.2, -0.15) is 0 Å². The molecule has 0 heterocycles. The number of hydrogen-bond donors (Lipinski definition) is 0. The second kappa shape index (κ2) is 5.66. The van der Waals surface area contributed by atoms with Crippen LogP contribution in [0.5, 0.6) is 0 Å². The standard InChI is InChI=1S/C13H13NO/c1-3-7-12-11(4-2)8-5-6-9-13(12)15-10-14/h3-8H,2,9H2,1H3/b7-3-. The summed E-state index contributed by atoms with van der Waals surface area (Å²) in [7, 11) is 0. The summed E-state index contributed by atoms with van der Waals surface area (Å²) in [6, 6.07) is 0. The van der Waals surface area contributed by atoms with Crippen molar-refractivity contribution in [2.24, 2.45) is 0 Å². The Labute approximate surface area is 90.2 Å². The van der Waals surface area contributed by atoms with Crippen molar-refractivity contribution in [1.82, 2.24) is 0 Å². The van der Waals surface area contributed by atoms with Crippen LogP contribution in [0.25, 0.3) is 0 Å². The molecule has 1 rings (SSSR count). The molecule has 0 saturated heterocycles. The van der Waals surface area contributed by atoms with Gasteiger partial charge in [-0.15, -0.1) is 5.26 Å². The van der Waals surface area contributed by atoms with Gasteiger partial charge in [0.05, 0.1) is 0 Å². The van der Waals surface area contributed by atoms with E-state index in [1.165, 1.54) is 0 Å². The zero-order valence-electron chi connectivity index (χ0n) is 8.73. The monoisotopic (exact) mass is 199 g/mol. The quantitative estimate of drug-likeness (QED) is 0.653. The van der Waals surface area contributed by atoms with Crippen LogP contribution in [-0.2, 0) is 4.74 Å². The van der Waals surface area contributed by atoms with Crippen LogP contribution in [0.1, 0.15) is 13.3 Å². The topological polar surface area (TPSA) is 33.0 Å². The molecule has 0 saturated carbocycles. The van der Waals surface area contributed by atoms with E-state index in [0.29, 0.717) is 12.2 Å². The highest BCUT2D eigenvalue weighted by Gasteiger charge is 2.09. The third-order valence-corrected chi connectivity index (χ3v) is 2.05. The van der Waals surface area contributed by atoms with E-state index in [0.717, 1.165) is 11.1 Å².